The molecule has 4 aliphatic carbocycles. The van der Waals surface area contributed by atoms with Crippen LogP contribution in [0.5, 0.6) is 0 Å². The van der Waals surface area contributed by atoms with Gasteiger partial charge in [0.2, 0.25) is 11.7 Å². The van der Waals surface area contributed by atoms with E-state index in [0.717, 1.165) is 30.2 Å². The number of furan rings is 1. The van der Waals surface area contributed by atoms with E-state index in [1.54, 1.807) is 0 Å². The molecule has 7 rings (SSSR count). The van der Waals surface area contributed by atoms with Gasteiger partial charge in [0.1, 0.15) is 11.3 Å². The number of carbonyl (C=O) groups is 2. The van der Waals surface area contributed by atoms with E-state index in [0.29, 0.717) is 34.7 Å². The lowest BCUT2D eigenvalue weighted by Crippen LogP contribution is -2.51. The lowest BCUT2D eigenvalue weighted by Gasteiger charge is -2.55. The van der Waals surface area contributed by atoms with Crippen molar-refractivity contribution in [3.8, 4) is 0 Å². The number of amides is 2. The maximum absolute atomic E-state index is 13.7. The van der Waals surface area contributed by atoms with Crippen molar-refractivity contribution in [2.24, 2.45) is 23.2 Å². The first-order chi connectivity index (χ1) is 15.5. The van der Waals surface area contributed by atoms with E-state index < -0.39 is 0 Å². The molecule has 0 aliphatic heterocycles. The van der Waals surface area contributed by atoms with Gasteiger partial charge in [-0.05, 0) is 87.5 Å². The Hall–Kier alpha value is -3.08. The summed E-state index contributed by atoms with van der Waals surface area (Å²) in [4.78, 5) is 26.9. The number of hydrogen-bond acceptors (Lipinski definition) is 3. The van der Waals surface area contributed by atoms with Crippen LogP contribution < -0.4 is 10.6 Å². The number of aryl methyl sites for hydroxylation is 1. The first-order valence-corrected chi connectivity index (χ1v) is 11.7. The molecule has 4 saturated carbocycles. The molecular weight excluding hydrogens is 400 g/mol. The van der Waals surface area contributed by atoms with Crippen LogP contribution in [0.4, 0.5) is 11.4 Å². The zero-order valence-electron chi connectivity index (χ0n) is 18.3. The third-order valence-corrected chi connectivity index (χ3v) is 7.87. The summed E-state index contributed by atoms with van der Waals surface area (Å²) in [6, 6.07) is 15.1. The highest BCUT2D eigenvalue weighted by Crippen LogP contribution is 2.60. The molecule has 4 aliphatic rings. The standard InChI is InChI=1S/C27H28N2O3/c1-16-6-8-20(9-7-16)28-25(30)24-23(21-4-2-3-5-22(21)32-24)29-26(31)27-13-17-10-18(14-27)12-19(11-17)15-27/h2-9,17-19H,10-15H2,1H3,(H,28,30)(H,29,31). The zero-order chi connectivity index (χ0) is 21.9. The number of rotatable bonds is 4. The Labute approximate surface area is 187 Å². The highest BCUT2D eigenvalue weighted by atomic mass is 16.3. The molecule has 1 heterocycles. The summed E-state index contributed by atoms with van der Waals surface area (Å²) in [6.45, 7) is 2.00. The minimum absolute atomic E-state index is 0.0625. The van der Waals surface area contributed by atoms with Crippen LogP contribution in [0, 0.1) is 30.1 Å². The lowest BCUT2D eigenvalue weighted by atomic mass is 9.49. The molecule has 0 unspecified atom stereocenters. The Bertz CT molecular complexity index is 1170. The van der Waals surface area contributed by atoms with Crippen LogP contribution >= 0.6 is 0 Å². The van der Waals surface area contributed by atoms with E-state index in [4.69, 9.17) is 4.42 Å². The molecule has 164 valence electrons. The fraction of sp³-hybridized carbons (Fsp3) is 0.407. The summed E-state index contributed by atoms with van der Waals surface area (Å²) >= 11 is 0. The predicted octanol–water partition coefficient (Wildman–Crippen LogP) is 6.15. The van der Waals surface area contributed by atoms with Gasteiger partial charge in [0, 0.05) is 11.1 Å². The largest absolute Gasteiger partial charge is 0.449 e. The minimum Gasteiger partial charge on any atom is -0.449 e. The molecule has 1 aromatic heterocycles. The van der Waals surface area contributed by atoms with Gasteiger partial charge in [-0.3, -0.25) is 9.59 Å². The molecule has 5 nitrogen and oxygen atoms in total. The van der Waals surface area contributed by atoms with Gasteiger partial charge in [-0.15, -0.1) is 0 Å². The summed E-state index contributed by atoms with van der Waals surface area (Å²) in [6.07, 6.45) is 6.78. The number of benzene rings is 2. The monoisotopic (exact) mass is 428 g/mol. The summed E-state index contributed by atoms with van der Waals surface area (Å²) in [5, 5.41) is 6.85. The summed E-state index contributed by atoms with van der Waals surface area (Å²) in [5.41, 5.74) is 2.61. The van der Waals surface area contributed by atoms with Gasteiger partial charge in [0.05, 0.1) is 5.41 Å². The Kier molecular flexibility index (Phi) is 4.42. The first-order valence-electron chi connectivity index (χ1n) is 11.7. The second-order valence-electron chi connectivity index (χ2n) is 10.3. The van der Waals surface area contributed by atoms with Crippen molar-refractivity contribution in [3.63, 3.8) is 0 Å². The van der Waals surface area contributed by atoms with E-state index in [1.807, 2.05) is 55.5 Å². The van der Waals surface area contributed by atoms with E-state index in [1.165, 1.54) is 19.3 Å². The van der Waals surface area contributed by atoms with Gasteiger partial charge in [0.15, 0.2) is 0 Å². The number of carbonyl (C=O) groups excluding carboxylic acids is 2. The SMILES string of the molecule is Cc1ccc(NC(=O)c2oc3ccccc3c2NC(=O)C23CC4CC(CC(C4)C2)C3)cc1. The van der Waals surface area contributed by atoms with Crippen LogP contribution in [0.15, 0.2) is 52.9 Å². The van der Waals surface area contributed by atoms with Crippen molar-refractivity contribution in [2.75, 3.05) is 10.6 Å². The quantitative estimate of drug-likeness (QED) is 0.524. The van der Waals surface area contributed by atoms with Gasteiger partial charge in [0.25, 0.3) is 5.91 Å². The molecule has 2 aromatic carbocycles. The number of fused-ring (bicyclic) bond motifs is 1. The van der Waals surface area contributed by atoms with Crippen LogP contribution in [0.2, 0.25) is 0 Å². The van der Waals surface area contributed by atoms with Gasteiger partial charge >= 0.3 is 0 Å². The number of nitrogens with one attached hydrogen (secondary N) is 2. The van der Waals surface area contributed by atoms with Crippen molar-refractivity contribution in [1.29, 1.82) is 0 Å². The van der Waals surface area contributed by atoms with E-state index in [9.17, 15) is 9.59 Å². The average molecular weight is 429 g/mol. The Balaban J connectivity index is 1.33. The van der Waals surface area contributed by atoms with Crippen molar-refractivity contribution in [3.05, 3.63) is 59.9 Å². The van der Waals surface area contributed by atoms with Gasteiger partial charge in [-0.25, -0.2) is 0 Å². The molecular formula is C27H28N2O3. The molecule has 5 heteroatoms. The maximum atomic E-state index is 13.7. The highest BCUT2D eigenvalue weighted by molar-refractivity contribution is 6.15. The molecule has 0 radical (unpaired) electrons. The van der Waals surface area contributed by atoms with Crippen molar-refractivity contribution < 1.29 is 14.0 Å². The Morgan fingerprint density at radius 1 is 0.875 bits per heavy atom. The second-order valence-corrected chi connectivity index (χ2v) is 10.3. The summed E-state index contributed by atoms with van der Waals surface area (Å²) in [7, 11) is 0. The third-order valence-electron chi connectivity index (χ3n) is 7.87. The van der Waals surface area contributed by atoms with E-state index in [-0.39, 0.29) is 23.0 Å². The molecule has 4 bridgehead atoms. The summed E-state index contributed by atoms with van der Waals surface area (Å²) in [5.74, 6) is 1.90. The molecule has 0 saturated heterocycles. The molecule has 32 heavy (non-hydrogen) atoms. The Morgan fingerprint density at radius 2 is 1.50 bits per heavy atom. The lowest BCUT2D eigenvalue weighted by molar-refractivity contribution is -0.140. The van der Waals surface area contributed by atoms with E-state index >= 15 is 0 Å². The minimum atomic E-state index is -0.356. The fourth-order valence-electron chi connectivity index (χ4n) is 6.79. The third kappa shape index (κ3) is 3.22. The van der Waals surface area contributed by atoms with Crippen molar-refractivity contribution in [1.82, 2.24) is 0 Å². The maximum Gasteiger partial charge on any atom is 0.293 e. The van der Waals surface area contributed by atoms with Gasteiger partial charge in [-0.1, -0.05) is 29.8 Å². The topological polar surface area (TPSA) is 71.3 Å². The number of para-hydroxylation sites is 1. The average Bonchev–Trinajstić information content (AvgIpc) is 3.13. The van der Waals surface area contributed by atoms with Crippen LogP contribution in [0.1, 0.15) is 54.6 Å². The van der Waals surface area contributed by atoms with Crippen LogP contribution in [0.3, 0.4) is 0 Å². The molecule has 2 amide bonds. The van der Waals surface area contributed by atoms with E-state index in [2.05, 4.69) is 10.6 Å². The number of hydrogen-bond donors (Lipinski definition) is 2. The van der Waals surface area contributed by atoms with Crippen LogP contribution in [-0.4, -0.2) is 11.8 Å². The smallest absolute Gasteiger partial charge is 0.293 e. The molecule has 0 spiro atoms. The van der Waals surface area contributed by atoms with Gasteiger partial charge in [-0.2, -0.15) is 0 Å². The van der Waals surface area contributed by atoms with Gasteiger partial charge < -0.3 is 15.1 Å². The summed E-state index contributed by atoms with van der Waals surface area (Å²) < 4.78 is 5.95. The highest BCUT2D eigenvalue weighted by Gasteiger charge is 2.54. The molecule has 2 N–H and O–H groups in total. The fourth-order valence-corrected chi connectivity index (χ4v) is 6.79. The number of anilines is 2. The molecule has 4 fully saturated rings. The first kappa shape index (κ1) is 19.6. The predicted molar refractivity (Wildman–Crippen MR) is 125 cm³/mol. The zero-order valence-corrected chi connectivity index (χ0v) is 18.3. The molecule has 0 atom stereocenters. The molecule has 3 aromatic rings. The second kappa shape index (κ2) is 7.22. The van der Waals surface area contributed by atoms with Crippen molar-refractivity contribution in [2.45, 2.75) is 45.4 Å². The Morgan fingerprint density at radius 3 is 2.16 bits per heavy atom. The normalized spacial score (nSPS) is 28.1. The van der Waals surface area contributed by atoms with Crippen LogP contribution in [0.25, 0.3) is 11.0 Å². The van der Waals surface area contributed by atoms with Crippen molar-refractivity contribution >= 4 is 34.2 Å². The van der Waals surface area contributed by atoms with Crippen LogP contribution in [-0.2, 0) is 4.79 Å².